The molecule has 2 heteroatoms. The van der Waals surface area contributed by atoms with Crippen molar-refractivity contribution in [3.8, 4) is 39.3 Å². The van der Waals surface area contributed by atoms with E-state index in [-0.39, 0.29) is 0 Å². The number of imidazole rings is 1. The number of aromatic nitrogens is 2. The number of para-hydroxylation sites is 3. The molecule has 0 radical (unpaired) electrons. The van der Waals surface area contributed by atoms with Crippen molar-refractivity contribution in [3.63, 3.8) is 0 Å². The normalized spacial score (nSPS) is 12.6. The summed E-state index contributed by atoms with van der Waals surface area (Å²) in [6.45, 7) is 0. The molecule has 0 saturated carbocycles. The number of hydrogen-bond donors (Lipinski definition) is 0. The van der Waals surface area contributed by atoms with E-state index in [0.29, 0.717) is 0 Å². The second-order valence-electron chi connectivity index (χ2n) is 10.7. The van der Waals surface area contributed by atoms with Gasteiger partial charge < -0.3 is 0 Å². The number of fused-ring (bicyclic) bond motifs is 3. The monoisotopic (exact) mass is 524 g/mol. The van der Waals surface area contributed by atoms with E-state index in [1.165, 1.54) is 44.2 Å². The number of nitrogens with zero attached hydrogens (tertiary/aromatic N) is 2. The maximum absolute atomic E-state index is 5.08. The van der Waals surface area contributed by atoms with E-state index in [2.05, 4.69) is 150 Å². The lowest BCUT2D eigenvalue weighted by Crippen LogP contribution is -2.02. The quantitative estimate of drug-likeness (QED) is 0.224. The fraction of sp³-hybridized carbons (Fsp3) is 0.0513. The molecule has 194 valence electrons. The van der Waals surface area contributed by atoms with E-state index < -0.39 is 0 Å². The van der Waals surface area contributed by atoms with Gasteiger partial charge in [0.1, 0.15) is 5.82 Å². The molecular weight excluding hydrogens is 496 g/mol. The second-order valence-corrected chi connectivity index (χ2v) is 10.7. The fourth-order valence-corrected chi connectivity index (χ4v) is 6.47. The van der Waals surface area contributed by atoms with Gasteiger partial charge >= 0.3 is 0 Å². The average Bonchev–Trinajstić information content (AvgIpc) is 3.44. The molecular formula is C39H28N2. The van der Waals surface area contributed by atoms with Crippen LogP contribution in [0, 0.1) is 0 Å². The van der Waals surface area contributed by atoms with Crippen molar-refractivity contribution in [3.05, 3.63) is 151 Å². The zero-order chi connectivity index (χ0) is 27.2. The number of hydrogen-bond acceptors (Lipinski definition) is 1. The Hall–Kier alpha value is -5.21. The molecule has 8 rings (SSSR count). The summed E-state index contributed by atoms with van der Waals surface area (Å²) in [6.07, 6.45) is 6.77. The van der Waals surface area contributed by atoms with E-state index >= 15 is 0 Å². The first-order valence-electron chi connectivity index (χ1n) is 14.3. The Labute approximate surface area is 239 Å². The van der Waals surface area contributed by atoms with Crippen LogP contribution in [0.3, 0.4) is 0 Å². The van der Waals surface area contributed by atoms with Gasteiger partial charge in [0, 0.05) is 11.3 Å². The molecule has 2 nitrogen and oxygen atoms in total. The van der Waals surface area contributed by atoms with Crippen LogP contribution < -0.4 is 0 Å². The van der Waals surface area contributed by atoms with E-state index in [0.717, 1.165) is 41.0 Å². The highest BCUT2D eigenvalue weighted by molar-refractivity contribution is 6.10. The van der Waals surface area contributed by atoms with Crippen molar-refractivity contribution in [2.75, 3.05) is 0 Å². The minimum absolute atomic E-state index is 0.957. The molecule has 1 aliphatic rings. The highest BCUT2D eigenvalue weighted by atomic mass is 15.1. The Balaban J connectivity index is 1.33. The van der Waals surface area contributed by atoms with E-state index in [9.17, 15) is 0 Å². The second kappa shape index (κ2) is 9.76. The standard InChI is InChI=1S/C39H28N2/c1-3-13-27(14-4-1)37-31-17-7-9-19-33(31)38(34-20-10-8-18-32(34)37)28-23-25-29(26-24-28)39-40-35-21-11-12-22-36(35)41(39)30-15-5-2-6-16-30/h1-9,11-19,21-26H,10,20H2. The summed E-state index contributed by atoms with van der Waals surface area (Å²) < 4.78 is 2.26. The number of rotatable bonds is 4. The molecule has 41 heavy (non-hydrogen) atoms. The predicted molar refractivity (Wildman–Crippen MR) is 172 cm³/mol. The van der Waals surface area contributed by atoms with E-state index in [4.69, 9.17) is 4.98 Å². The molecule has 1 aromatic heterocycles. The van der Waals surface area contributed by atoms with Crippen LogP contribution in [0.15, 0.2) is 140 Å². The molecule has 0 amide bonds. The van der Waals surface area contributed by atoms with Gasteiger partial charge in [-0.25, -0.2) is 4.98 Å². The van der Waals surface area contributed by atoms with Crippen molar-refractivity contribution < 1.29 is 0 Å². The van der Waals surface area contributed by atoms with E-state index in [1.54, 1.807) is 0 Å². The summed E-state index contributed by atoms with van der Waals surface area (Å²) >= 11 is 0. The van der Waals surface area contributed by atoms with Gasteiger partial charge in [-0.2, -0.15) is 0 Å². The van der Waals surface area contributed by atoms with Gasteiger partial charge in [-0.1, -0.05) is 121 Å². The molecule has 0 N–H and O–H groups in total. The van der Waals surface area contributed by atoms with Crippen molar-refractivity contribution in [1.82, 2.24) is 9.55 Å². The summed E-state index contributed by atoms with van der Waals surface area (Å²) in [6, 6.07) is 47.7. The third-order valence-corrected chi connectivity index (χ3v) is 8.28. The summed E-state index contributed by atoms with van der Waals surface area (Å²) in [7, 11) is 0. The van der Waals surface area contributed by atoms with Gasteiger partial charge in [0.05, 0.1) is 11.0 Å². The van der Waals surface area contributed by atoms with Gasteiger partial charge in [-0.3, -0.25) is 4.57 Å². The smallest absolute Gasteiger partial charge is 0.145 e. The Morgan fingerprint density at radius 3 is 1.93 bits per heavy atom. The fourth-order valence-electron chi connectivity index (χ4n) is 6.47. The highest BCUT2D eigenvalue weighted by Crippen LogP contribution is 2.44. The summed E-state index contributed by atoms with van der Waals surface area (Å²) in [5, 5.41) is 2.61. The van der Waals surface area contributed by atoms with Crippen LogP contribution in [0.2, 0.25) is 0 Å². The van der Waals surface area contributed by atoms with Crippen molar-refractivity contribution in [1.29, 1.82) is 0 Å². The molecule has 1 aliphatic carbocycles. The highest BCUT2D eigenvalue weighted by Gasteiger charge is 2.22. The molecule has 6 aromatic carbocycles. The Morgan fingerprint density at radius 1 is 0.537 bits per heavy atom. The molecule has 0 bridgehead atoms. The minimum atomic E-state index is 0.957. The lowest BCUT2D eigenvalue weighted by molar-refractivity contribution is 0.991. The van der Waals surface area contributed by atoms with Gasteiger partial charge in [-0.05, 0) is 81.3 Å². The zero-order valence-electron chi connectivity index (χ0n) is 22.7. The van der Waals surface area contributed by atoms with Crippen molar-refractivity contribution >= 4 is 27.9 Å². The van der Waals surface area contributed by atoms with Crippen LogP contribution in [0.5, 0.6) is 0 Å². The molecule has 0 spiro atoms. The van der Waals surface area contributed by atoms with Crippen molar-refractivity contribution in [2.24, 2.45) is 0 Å². The minimum Gasteiger partial charge on any atom is -0.292 e. The number of benzene rings is 6. The van der Waals surface area contributed by atoms with Crippen LogP contribution >= 0.6 is 0 Å². The molecule has 7 aromatic rings. The number of allylic oxidation sites excluding steroid dienone is 1. The van der Waals surface area contributed by atoms with Gasteiger partial charge in [0.15, 0.2) is 0 Å². The van der Waals surface area contributed by atoms with Gasteiger partial charge in [-0.15, -0.1) is 0 Å². The van der Waals surface area contributed by atoms with Crippen LogP contribution in [0.1, 0.15) is 17.5 Å². The third-order valence-electron chi connectivity index (χ3n) is 8.28. The molecule has 0 saturated heterocycles. The largest absolute Gasteiger partial charge is 0.292 e. The first-order valence-corrected chi connectivity index (χ1v) is 14.3. The molecule has 0 unspecified atom stereocenters. The topological polar surface area (TPSA) is 17.8 Å². The maximum atomic E-state index is 5.08. The van der Waals surface area contributed by atoms with Crippen molar-refractivity contribution in [2.45, 2.75) is 12.8 Å². The van der Waals surface area contributed by atoms with Crippen LogP contribution in [-0.4, -0.2) is 9.55 Å². The summed E-state index contributed by atoms with van der Waals surface area (Å²) in [4.78, 5) is 5.08. The molecule has 0 atom stereocenters. The Morgan fingerprint density at radius 2 is 1.15 bits per heavy atom. The lowest BCUT2D eigenvalue weighted by atomic mass is 9.80. The predicted octanol–water partition coefficient (Wildman–Crippen LogP) is 10.1. The third kappa shape index (κ3) is 3.91. The van der Waals surface area contributed by atoms with Crippen LogP contribution in [0.25, 0.3) is 67.2 Å². The summed E-state index contributed by atoms with van der Waals surface area (Å²) in [5.41, 5.74) is 12.3. The lowest BCUT2D eigenvalue weighted by Gasteiger charge is -2.23. The SMILES string of the molecule is C1=Cc2c(c(-c3ccc(-c4nc5ccccc5n4-c4ccccc4)cc3)c3ccccc3c2-c2ccccc2)CC1. The molecule has 1 heterocycles. The summed E-state index contributed by atoms with van der Waals surface area (Å²) in [5.74, 6) is 0.957. The maximum Gasteiger partial charge on any atom is 0.145 e. The molecule has 0 fully saturated rings. The van der Waals surface area contributed by atoms with Crippen LogP contribution in [0.4, 0.5) is 0 Å². The van der Waals surface area contributed by atoms with E-state index in [1.807, 2.05) is 0 Å². The van der Waals surface area contributed by atoms with Gasteiger partial charge in [0.2, 0.25) is 0 Å². The van der Waals surface area contributed by atoms with Gasteiger partial charge in [0.25, 0.3) is 0 Å². The first kappa shape index (κ1) is 23.7. The molecule has 0 aliphatic heterocycles. The average molecular weight is 525 g/mol. The first-order chi connectivity index (χ1) is 20.4. The zero-order valence-corrected chi connectivity index (χ0v) is 22.7. The Bertz CT molecular complexity index is 2070. The Kier molecular flexibility index (Phi) is 5.63. The van der Waals surface area contributed by atoms with Crippen LogP contribution in [-0.2, 0) is 6.42 Å².